The topological polar surface area (TPSA) is 81.7 Å². The van der Waals surface area contributed by atoms with Gasteiger partial charge in [0, 0.05) is 18.5 Å². The van der Waals surface area contributed by atoms with Crippen LogP contribution in [-0.2, 0) is 19.7 Å². The van der Waals surface area contributed by atoms with E-state index in [1.807, 2.05) is 12.1 Å². The van der Waals surface area contributed by atoms with Crippen molar-refractivity contribution in [2.45, 2.75) is 45.4 Å². The molecular formula is C27H29NO5S. The van der Waals surface area contributed by atoms with Gasteiger partial charge in [-0.2, -0.15) is 0 Å². The fraction of sp³-hybridized carbons (Fsp3) is 0.296. The molecule has 0 fully saturated rings. The number of ether oxygens (including phenoxy) is 2. The molecule has 0 atom stereocenters. The van der Waals surface area contributed by atoms with Gasteiger partial charge in [0.25, 0.3) is 0 Å². The Kier molecular flexibility index (Phi) is 8.60. The fourth-order valence-corrected chi connectivity index (χ4v) is 3.76. The highest BCUT2D eigenvalue weighted by Gasteiger charge is 2.14. The summed E-state index contributed by atoms with van der Waals surface area (Å²) in [6.45, 7) is 6.21. The Labute approximate surface area is 203 Å². The molecule has 2 aromatic carbocycles. The third-order valence-corrected chi connectivity index (χ3v) is 5.95. The van der Waals surface area contributed by atoms with Crippen LogP contribution in [-0.4, -0.2) is 24.3 Å². The first-order valence-electron chi connectivity index (χ1n) is 11.1. The van der Waals surface area contributed by atoms with Crippen LogP contribution in [0.25, 0.3) is 0 Å². The van der Waals surface area contributed by atoms with Crippen molar-refractivity contribution in [3.63, 3.8) is 0 Å². The number of nitrogens with one attached hydrogen (secondary N) is 1. The number of carbonyl (C=O) groups excluding carboxylic acids is 3. The van der Waals surface area contributed by atoms with Crippen molar-refractivity contribution in [3.8, 4) is 11.5 Å². The second kappa shape index (κ2) is 11.6. The fourth-order valence-electron chi connectivity index (χ4n) is 3.11. The summed E-state index contributed by atoms with van der Waals surface area (Å²) in [4.78, 5) is 36.3. The Hall–Kier alpha value is -3.45. The van der Waals surface area contributed by atoms with Gasteiger partial charge in [0.05, 0.1) is 4.88 Å². The Bertz CT molecular complexity index is 1100. The maximum absolute atomic E-state index is 12.2. The lowest BCUT2D eigenvalue weighted by molar-refractivity contribution is -0.142. The molecule has 6 nitrogen and oxygen atoms in total. The number of amides is 1. The lowest BCUT2D eigenvalue weighted by Crippen LogP contribution is -2.15. The standard InChI is InChI=1S/C27H29NO5S/c1-27(2,3)19-9-13-21(14-10-19)33-22-15-11-20(12-16-22)28-25(30)7-4-8-26(31)32-18-23(29)24-6-5-17-34-24/h5-6,9-17H,4,7-8,18H2,1-3H3,(H,28,30). The van der Waals surface area contributed by atoms with E-state index in [9.17, 15) is 14.4 Å². The molecule has 0 aliphatic carbocycles. The Morgan fingerprint density at radius 2 is 1.53 bits per heavy atom. The van der Waals surface area contributed by atoms with Gasteiger partial charge < -0.3 is 14.8 Å². The molecule has 1 heterocycles. The second-order valence-corrected chi connectivity index (χ2v) is 9.81. The first kappa shape index (κ1) is 25.2. The highest BCUT2D eigenvalue weighted by Crippen LogP contribution is 2.27. The van der Waals surface area contributed by atoms with Gasteiger partial charge in [0.2, 0.25) is 11.7 Å². The lowest BCUT2D eigenvalue weighted by atomic mass is 9.87. The number of anilines is 1. The SMILES string of the molecule is CC(C)(C)c1ccc(Oc2ccc(NC(=O)CCCC(=O)OCC(=O)c3cccs3)cc2)cc1. The van der Waals surface area contributed by atoms with E-state index in [2.05, 4.69) is 38.2 Å². The van der Waals surface area contributed by atoms with Crippen LogP contribution < -0.4 is 10.1 Å². The number of hydrogen-bond donors (Lipinski definition) is 1. The minimum absolute atomic E-state index is 0.0753. The molecule has 0 spiro atoms. The van der Waals surface area contributed by atoms with Crippen molar-refractivity contribution in [2.75, 3.05) is 11.9 Å². The van der Waals surface area contributed by atoms with Gasteiger partial charge in [0.1, 0.15) is 11.5 Å². The zero-order valence-electron chi connectivity index (χ0n) is 19.6. The lowest BCUT2D eigenvalue weighted by Gasteiger charge is -2.19. The zero-order valence-corrected chi connectivity index (χ0v) is 20.4. The summed E-state index contributed by atoms with van der Waals surface area (Å²) in [7, 11) is 0. The number of carbonyl (C=O) groups is 3. The molecular weight excluding hydrogens is 450 g/mol. The smallest absolute Gasteiger partial charge is 0.306 e. The highest BCUT2D eigenvalue weighted by atomic mass is 32.1. The van der Waals surface area contributed by atoms with E-state index in [4.69, 9.17) is 9.47 Å². The molecule has 0 saturated heterocycles. The van der Waals surface area contributed by atoms with Gasteiger partial charge in [-0.1, -0.05) is 39.0 Å². The summed E-state index contributed by atoms with van der Waals surface area (Å²) in [6, 6.07) is 18.6. The molecule has 1 N–H and O–H groups in total. The van der Waals surface area contributed by atoms with Crippen molar-refractivity contribution < 1.29 is 23.9 Å². The Morgan fingerprint density at radius 1 is 0.882 bits per heavy atom. The molecule has 178 valence electrons. The monoisotopic (exact) mass is 479 g/mol. The summed E-state index contributed by atoms with van der Waals surface area (Å²) < 4.78 is 10.9. The van der Waals surface area contributed by atoms with E-state index in [0.29, 0.717) is 22.7 Å². The third-order valence-electron chi connectivity index (χ3n) is 5.04. The average Bonchev–Trinajstić information content (AvgIpc) is 3.34. The van der Waals surface area contributed by atoms with E-state index >= 15 is 0 Å². The summed E-state index contributed by atoms with van der Waals surface area (Å²) >= 11 is 1.31. The molecule has 0 saturated carbocycles. The number of thiophene rings is 1. The molecule has 34 heavy (non-hydrogen) atoms. The van der Waals surface area contributed by atoms with E-state index in [1.165, 1.54) is 16.9 Å². The van der Waals surface area contributed by atoms with Crippen molar-refractivity contribution in [1.29, 1.82) is 0 Å². The minimum Gasteiger partial charge on any atom is -0.457 e. The van der Waals surface area contributed by atoms with Crippen molar-refractivity contribution in [2.24, 2.45) is 0 Å². The van der Waals surface area contributed by atoms with Crippen LogP contribution in [0.2, 0.25) is 0 Å². The van der Waals surface area contributed by atoms with Crippen LogP contribution in [0.4, 0.5) is 5.69 Å². The molecule has 0 aliphatic heterocycles. The maximum atomic E-state index is 12.2. The number of rotatable bonds is 10. The molecule has 0 radical (unpaired) electrons. The first-order valence-corrected chi connectivity index (χ1v) is 12.0. The number of Topliss-reactive ketones (excluding diaryl/α,β-unsaturated/α-hetero) is 1. The van der Waals surface area contributed by atoms with E-state index in [-0.39, 0.29) is 36.6 Å². The summed E-state index contributed by atoms with van der Waals surface area (Å²) in [5.74, 6) is 0.495. The van der Waals surface area contributed by atoms with Gasteiger partial charge in [-0.3, -0.25) is 14.4 Å². The molecule has 1 aromatic heterocycles. The number of hydrogen-bond acceptors (Lipinski definition) is 6. The van der Waals surface area contributed by atoms with Gasteiger partial charge in [-0.15, -0.1) is 11.3 Å². The van der Waals surface area contributed by atoms with Crippen molar-refractivity contribution in [1.82, 2.24) is 0 Å². The third kappa shape index (κ3) is 7.85. The van der Waals surface area contributed by atoms with Crippen molar-refractivity contribution in [3.05, 3.63) is 76.5 Å². The quantitative estimate of drug-likeness (QED) is 0.270. The van der Waals surface area contributed by atoms with Gasteiger partial charge in [-0.05, 0) is 65.2 Å². The minimum atomic E-state index is -0.491. The second-order valence-electron chi connectivity index (χ2n) is 8.86. The molecule has 0 bridgehead atoms. The number of esters is 1. The van der Waals surface area contributed by atoms with Crippen LogP contribution in [0, 0.1) is 0 Å². The Morgan fingerprint density at radius 3 is 2.12 bits per heavy atom. The molecule has 3 rings (SSSR count). The van der Waals surface area contributed by atoms with Gasteiger partial charge >= 0.3 is 5.97 Å². The van der Waals surface area contributed by atoms with Crippen molar-refractivity contribution >= 4 is 34.7 Å². The summed E-state index contributed by atoms with van der Waals surface area (Å²) in [5.41, 5.74) is 1.96. The molecule has 3 aromatic rings. The van der Waals surface area contributed by atoms with Crippen LogP contribution in [0.5, 0.6) is 11.5 Å². The predicted octanol–water partition coefficient (Wildman–Crippen LogP) is 6.37. The number of benzene rings is 2. The van der Waals surface area contributed by atoms with E-state index in [0.717, 1.165) is 5.75 Å². The molecule has 0 aliphatic rings. The van der Waals surface area contributed by atoms with Crippen LogP contribution in [0.1, 0.15) is 55.3 Å². The molecule has 1 amide bonds. The van der Waals surface area contributed by atoms with Crippen LogP contribution >= 0.6 is 11.3 Å². The molecule has 7 heteroatoms. The van der Waals surface area contributed by atoms with Gasteiger partial charge in [0.15, 0.2) is 6.61 Å². The first-order chi connectivity index (χ1) is 16.2. The molecule has 0 unspecified atom stereocenters. The van der Waals surface area contributed by atoms with Crippen LogP contribution in [0.15, 0.2) is 66.0 Å². The average molecular weight is 480 g/mol. The van der Waals surface area contributed by atoms with E-state index in [1.54, 1.807) is 41.8 Å². The Balaban J connectivity index is 1.37. The summed E-state index contributed by atoms with van der Waals surface area (Å²) in [6.07, 6.45) is 0.585. The predicted molar refractivity (Wildman–Crippen MR) is 134 cm³/mol. The number of ketones is 1. The maximum Gasteiger partial charge on any atom is 0.306 e. The van der Waals surface area contributed by atoms with E-state index < -0.39 is 5.97 Å². The normalized spacial score (nSPS) is 11.0. The van der Waals surface area contributed by atoms with Crippen LogP contribution in [0.3, 0.4) is 0 Å². The largest absolute Gasteiger partial charge is 0.457 e. The van der Waals surface area contributed by atoms with Gasteiger partial charge in [-0.25, -0.2) is 0 Å². The highest BCUT2D eigenvalue weighted by molar-refractivity contribution is 7.12. The summed E-state index contributed by atoms with van der Waals surface area (Å²) in [5, 5.41) is 4.59. The zero-order chi connectivity index (χ0) is 24.6.